The van der Waals surface area contributed by atoms with Gasteiger partial charge in [0, 0.05) is 32.3 Å². The minimum Gasteiger partial charge on any atom is -0.329 e. The molecule has 11 heteroatoms. The van der Waals surface area contributed by atoms with Crippen LogP contribution in [-0.4, -0.2) is 27.5 Å². The van der Waals surface area contributed by atoms with Gasteiger partial charge in [-0.05, 0) is 62.4 Å². The van der Waals surface area contributed by atoms with Crippen molar-refractivity contribution in [2.24, 2.45) is 16.0 Å². The molecule has 0 aliphatic carbocycles. The normalized spacial score (nSPS) is 11.5. The summed E-state index contributed by atoms with van der Waals surface area (Å²) in [5.41, 5.74) is 10.2. The third-order valence-corrected chi connectivity index (χ3v) is 5.70. The van der Waals surface area contributed by atoms with Crippen LogP contribution in [0.5, 0.6) is 0 Å². The highest BCUT2D eigenvalue weighted by Gasteiger charge is 2.16. The van der Waals surface area contributed by atoms with E-state index in [1.54, 1.807) is 18.2 Å². The van der Waals surface area contributed by atoms with Gasteiger partial charge in [0.2, 0.25) is 11.9 Å². The van der Waals surface area contributed by atoms with Crippen LogP contribution in [-0.2, 0) is 17.9 Å². The van der Waals surface area contributed by atoms with E-state index < -0.39 is 0 Å². The number of aromatic amines is 1. The molecule has 192 valence electrons. The predicted molar refractivity (Wildman–Crippen MR) is 146 cm³/mol. The molecule has 0 saturated carbocycles. The molecule has 2 aromatic heterocycles. The molecule has 4 rings (SSSR count). The fourth-order valence-corrected chi connectivity index (χ4v) is 3.96. The van der Waals surface area contributed by atoms with Gasteiger partial charge in [-0.3, -0.25) is 14.6 Å². The summed E-state index contributed by atoms with van der Waals surface area (Å²) in [6.07, 6.45) is 1.86. The first-order valence-corrected chi connectivity index (χ1v) is 12.0. The number of H-pyrrole nitrogens is 1. The largest absolute Gasteiger partial charge is 0.329 e. The summed E-state index contributed by atoms with van der Waals surface area (Å²) < 4.78 is 1.92. The third kappa shape index (κ3) is 5.90. The van der Waals surface area contributed by atoms with Crippen LogP contribution in [0.25, 0.3) is 11.0 Å². The lowest BCUT2D eigenvalue weighted by atomic mass is 10.2. The van der Waals surface area contributed by atoms with Gasteiger partial charge in [0.15, 0.2) is 0 Å². The Hall–Kier alpha value is -4.35. The van der Waals surface area contributed by atoms with E-state index in [0.29, 0.717) is 33.8 Å². The average Bonchev–Trinajstić information content (AvgIpc) is 3.24. The van der Waals surface area contributed by atoms with Crippen LogP contribution >= 0.6 is 0 Å². The molecule has 0 radical (unpaired) electrons. The first kappa shape index (κ1) is 25.7. The number of rotatable bonds is 9. The Balaban J connectivity index is 1.69. The summed E-state index contributed by atoms with van der Waals surface area (Å²) in [7, 11) is 1.90. The zero-order valence-electron chi connectivity index (χ0n) is 21.3. The van der Waals surface area contributed by atoms with E-state index in [0.717, 1.165) is 17.7 Å². The topological polar surface area (TPSA) is 155 Å². The number of carbonyl (C=O) groups is 1. The van der Waals surface area contributed by atoms with E-state index in [1.165, 1.54) is 6.92 Å². The van der Waals surface area contributed by atoms with E-state index in [-0.39, 0.29) is 30.0 Å². The Morgan fingerprint density at radius 2 is 1.81 bits per heavy atom. The number of nitrogens with one attached hydrogen (secondary N) is 4. The van der Waals surface area contributed by atoms with E-state index in [2.05, 4.69) is 36.1 Å². The van der Waals surface area contributed by atoms with Crippen molar-refractivity contribution < 1.29 is 4.79 Å². The minimum absolute atomic E-state index is 0.0796. The maximum Gasteiger partial charge on any atom is 0.262 e. The summed E-state index contributed by atoms with van der Waals surface area (Å²) >= 11 is 0. The third-order valence-electron chi connectivity index (χ3n) is 5.70. The fraction of sp³-hybridized carbons (Fsp3) is 0.269. The number of amides is 1. The number of fused-ring (bicyclic) bond motifs is 1. The van der Waals surface area contributed by atoms with Crippen molar-refractivity contribution in [3.8, 4) is 0 Å². The lowest BCUT2D eigenvalue weighted by Crippen LogP contribution is -2.14. The average molecular weight is 502 g/mol. The molecule has 1 amide bonds. The number of nitrogens with zero attached hydrogens (tertiary/aromatic N) is 4. The number of hydrogen-bond acceptors (Lipinski definition) is 8. The Labute approximate surface area is 214 Å². The number of carbonyl (C=O) groups excluding carboxylic acids is 1. The second-order valence-electron chi connectivity index (χ2n) is 8.91. The lowest BCUT2D eigenvalue weighted by Gasteiger charge is -2.13. The van der Waals surface area contributed by atoms with E-state index in [4.69, 9.17) is 5.73 Å². The molecule has 4 aromatic rings. The van der Waals surface area contributed by atoms with Gasteiger partial charge in [0.1, 0.15) is 5.65 Å². The number of anilines is 3. The zero-order chi connectivity index (χ0) is 26.5. The monoisotopic (exact) mass is 501 g/mol. The maximum absolute atomic E-state index is 12.9. The van der Waals surface area contributed by atoms with Crippen molar-refractivity contribution in [2.75, 3.05) is 17.7 Å². The first-order valence-electron chi connectivity index (χ1n) is 12.0. The van der Waals surface area contributed by atoms with Crippen LogP contribution < -0.4 is 27.2 Å². The molecule has 0 saturated heterocycles. The molecule has 0 unspecified atom stereocenters. The maximum atomic E-state index is 12.9. The van der Waals surface area contributed by atoms with Gasteiger partial charge in [0.05, 0.1) is 28.1 Å². The Kier molecular flexibility index (Phi) is 7.75. The smallest absolute Gasteiger partial charge is 0.262 e. The van der Waals surface area contributed by atoms with Gasteiger partial charge < -0.3 is 26.3 Å². The van der Waals surface area contributed by atoms with Crippen molar-refractivity contribution in [3.05, 3.63) is 70.1 Å². The Morgan fingerprint density at radius 3 is 2.46 bits per heavy atom. The number of hydrogen-bond donors (Lipinski definition) is 5. The SMILES string of the molecule is CNCc1ccc(N=Nc2ccc(NC(C)=O)c(Nc3nc4c(c(CN)cn4C(C)C)c(=O)[nH]3)c2)cc1. The molecule has 0 bridgehead atoms. The molecule has 0 fully saturated rings. The minimum atomic E-state index is -0.300. The highest BCUT2D eigenvalue weighted by Crippen LogP contribution is 2.31. The Bertz CT molecular complexity index is 1500. The van der Waals surface area contributed by atoms with E-state index in [9.17, 15) is 9.59 Å². The second-order valence-corrected chi connectivity index (χ2v) is 8.91. The molecule has 2 aromatic carbocycles. The summed E-state index contributed by atoms with van der Waals surface area (Å²) in [5.74, 6) is -0.0147. The van der Waals surface area contributed by atoms with Crippen molar-refractivity contribution in [1.29, 1.82) is 0 Å². The molecule has 0 aliphatic rings. The molecule has 37 heavy (non-hydrogen) atoms. The number of aromatic nitrogens is 3. The quantitative estimate of drug-likeness (QED) is 0.211. The van der Waals surface area contributed by atoms with Crippen LogP contribution in [0, 0.1) is 0 Å². The van der Waals surface area contributed by atoms with Crippen LogP contribution in [0.3, 0.4) is 0 Å². The number of benzene rings is 2. The molecular weight excluding hydrogens is 470 g/mol. The second kappa shape index (κ2) is 11.1. The summed E-state index contributed by atoms with van der Waals surface area (Å²) in [6.45, 7) is 6.44. The van der Waals surface area contributed by atoms with Crippen LogP contribution in [0.15, 0.2) is 63.7 Å². The van der Waals surface area contributed by atoms with Gasteiger partial charge >= 0.3 is 0 Å². The van der Waals surface area contributed by atoms with Gasteiger partial charge in [-0.2, -0.15) is 15.2 Å². The molecule has 0 aliphatic heterocycles. The number of nitrogens with two attached hydrogens (primary N) is 1. The first-order chi connectivity index (χ1) is 17.8. The lowest BCUT2D eigenvalue weighted by molar-refractivity contribution is -0.114. The molecule has 0 atom stereocenters. The summed E-state index contributed by atoms with van der Waals surface area (Å²) in [5, 5.41) is 18.1. The molecular formula is C26H31N9O2. The standard InChI is InChI=1S/C26H31N9O2/c1-15(2)35-14-18(12-27)23-24(35)31-26(32-25(23)37)30-22-11-20(9-10-21(22)29-16(3)36)34-33-19-7-5-17(6-8-19)13-28-4/h5-11,14-15,28H,12-13,27H2,1-4H3,(H,29,36)(H2,30,31,32,37). The van der Waals surface area contributed by atoms with Gasteiger partial charge in [0.25, 0.3) is 5.56 Å². The molecule has 0 spiro atoms. The van der Waals surface area contributed by atoms with Crippen molar-refractivity contribution in [2.45, 2.75) is 39.9 Å². The van der Waals surface area contributed by atoms with Crippen LogP contribution in [0.4, 0.5) is 28.7 Å². The Morgan fingerprint density at radius 1 is 1.11 bits per heavy atom. The summed E-state index contributed by atoms with van der Waals surface area (Å²) in [6, 6.07) is 13.0. The highest BCUT2D eigenvalue weighted by atomic mass is 16.1. The predicted octanol–water partition coefficient (Wildman–Crippen LogP) is 4.60. The van der Waals surface area contributed by atoms with E-state index in [1.807, 2.05) is 55.9 Å². The van der Waals surface area contributed by atoms with Gasteiger partial charge in [-0.25, -0.2) is 0 Å². The van der Waals surface area contributed by atoms with Gasteiger partial charge in [-0.15, -0.1) is 0 Å². The van der Waals surface area contributed by atoms with E-state index >= 15 is 0 Å². The van der Waals surface area contributed by atoms with Crippen molar-refractivity contribution in [1.82, 2.24) is 19.9 Å². The van der Waals surface area contributed by atoms with Crippen LogP contribution in [0.2, 0.25) is 0 Å². The number of azo groups is 1. The highest BCUT2D eigenvalue weighted by molar-refractivity contribution is 5.94. The van der Waals surface area contributed by atoms with Crippen molar-refractivity contribution in [3.63, 3.8) is 0 Å². The van der Waals surface area contributed by atoms with Crippen molar-refractivity contribution >= 4 is 45.6 Å². The zero-order valence-corrected chi connectivity index (χ0v) is 21.3. The molecule has 2 heterocycles. The summed E-state index contributed by atoms with van der Waals surface area (Å²) in [4.78, 5) is 32.2. The molecule has 11 nitrogen and oxygen atoms in total. The van der Waals surface area contributed by atoms with Gasteiger partial charge in [-0.1, -0.05) is 12.1 Å². The fourth-order valence-electron chi connectivity index (χ4n) is 3.96. The molecule has 6 N–H and O–H groups in total. The van der Waals surface area contributed by atoms with Crippen LogP contribution in [0.1, 0.15) is 37.9 Å².